The molecule has 5 nitrogen and oxygen atoms in total. The van der Waals surface area contributed by atoms with Gasteiger partial charge in [-0.1, -0.05) is 39.3 Å². The van der Waals surface area contributed by atoms with Gasteiger partial charge in [-0.3, -0.25) is 4.79 Å². The molecule has 152 valence electrons. The van der Waals surface area contributed by atoms with E-state index in [-0.39, 0.29) is 30.5 Å². The van der Waals surface area contributed by atoms with E-state index in [9.17, 15) is 14.7 Å². The number of hydrogen-bond acceptors (Lipinski definition) is 5. The molecule has 0 amide bonds. The number of carbonyl (C=O) groups is 2. The molecule has 2 saturated carbocycles. The minimum absolute atomic E-state index is 0.146. The molecule has 0 bridgehead atoms. The topological polar surface area (TPSA) is 72.8 Å². The molecule has 3 fully saturated rings. The first-order valence-corrected chi connectivity index (χ1v) is 10.2. The number of hydrogen-bond donors (Lipinski definition) is 1. The van der Waals surface area contributed by atoms with Crippen LogP contribution in [0.25, 0.3) is 0 Å². The highest BCUT2D eigenvalue weighted by molar-refractivity contribution is 5.76. The first-order chi connectivity index (χ1) is 12.6. The predicted octanol–water partition coefficient (Wildman–Crippen LogP) is 3.50. The van der Waals surface area contributed by atoms with Crippen molar-refractivity contribution < 1.29 is 24.2 Å². The minimum Gasteiger partial charge on any atom is -0.465 e. The van der Waals surface area contributed by atoms with E-state index in [2.05, 4.69) is 27.4 Å². The molecule has 6 unspecified atom stereocenters. The monoisotopic (exact) mass is 378 g/mol. The smallest absolute Gasteiger partial charge is 0.335 e. The Labute approximate surface area is 162 Å². The standard InChI is InChI=1S/C22H34O5/c1-13(15(11-26-14(2)23)16-12-27-20(25)19(16)24)17-7-8-18-21(3,4)9-6-10-22(17,18)5/h15-19,24H,1,6-12H2,2-5H3. The fourth-order valence-electron chi connectivity index (χ4n) is 6.41. The van der Waals surface area contributed by atoms with E-state index in [4.69, 9.17) is 9.47 Å². The van der Waals surface area contributed by atoms with Gasteiger partial charge in [0.15, 0.2) is 6.10 Å². The van der Waals surface area contributed by atoms with E-state index in [1.165, 1.54) is 32.6 Å². The Bertz CT molecular complexity index is 624. The van der Waals surface area contributed by atoms with Crippen LogP contribution in [0, 0.1) is 34.5 Å². The van der Waals surface area contributed by atoms with E-state index in [1.54, 1.807) is 0 Å². The maximum Gasteiger partial charge on any atom is 0.335 e. The van der Waals surface area contributed by atoms with E-state index in [0.29, 0.717) is 17.3 Å². The largest absolute Gasteiger partial charge is 0.465 e. The van der Waals surface area contributed by atoms with E-state index >= 15 is 0 Å². The Kier molecular flexibility index (Phi) is 5.46. The zero-order valence-electron chi connectivity index (χ0n) is 17.1. The van der Waals surface area contributed by atoms with Crippen LogP contribution < -0.4 is 0 Å². The summed E-state index contributed by atoms with van der Waals surface area (Å²) in [6.07, 6.45) is 4.72. The van der Waals surface area contributed by atoms with Crippen molar-refractivity contribution in [2.45, 2.75) is 65.9 Å². The molecule has 5 heteroatoms. The second-order valence-corrected chi connectivity index (χ2v) is 9.75. The number of carbonyl (C=O) groups excluding carboxylic acids is 2. The van der Waals surface area contributed by atoms with Crippen molar-refractivity contribution in [3.63, 3.8) is 0 Å². The Morgan fingerprint density at radius 1 is 1.33 bits per heavy atom. The fourth-order valence-corrected chi connectivity index (χ4v) is 6.41. The number of rotatable bonds is 5. The molecule has 1 saturated heterocycles. The van der Waals surface area contributed by atoms with Crippen LogP contribution in [0.2, 0.25) is 0 Å². The van der Waals surface area contributed by atoms with Crippen LogP contribution in [0.4, 0.5) is 0 Å². The molecule has 1 N–H and O–H groups in total. The highest BCUT2D eigenvalue weighted by Crippen LogP contribution is 2.64. The Morgan fingerprint density at radius 3 is 2.63 bits per heavy atom. The molecular formula is C22H34O5. The number of esters is 2. The van der Waals surface area contributed by atoms with Crippen molar-refractivity contribution in [2.24, 2.45) is 34.5 Å². The SMILES string of the molecule is C=C(C(COC(C)=O)C1COC(=O)C1O)C1CCC2C(C)(C)CCCC12C. The molecular weight excluding hydrogens is 344 g/mol. The van der Waals surface area contributed by atoms with Crippen molar-refractivity contribution in [1.29, 1.82) is 0 Å². The van der Waals surface area contributed by atoms with Gasteiger partial charge >= 0.3 is 11.9 Å². The lowest BCUT2D eigenvalue weighted by Crippen LogP contribution is -2.43. The zero-order valence-corrected chi connectivity index (χ0v) is 17.1. The van der Waals surface area contributed by atoms with Crippen molar-refractivity contribution in [2.75, 3.05) is 13.2 Å². The molecule has 0 radical (unpaired) electrons. The summed E-state index contributed by atoms with van der Waals surface area (Å²) in [5.74, 6) is -0.659. The van der Waals surface area contributed by atoms with Gasteiger partial charge in [-0.15, -0.1) is 0 Å². The number of aliphatic hydroxyl groups is 1. The molecule has 0 aromatic carbocycles. The normalized spacial score (nSPS) is 38.8. The van der Waals surface area contributed by atoms with Gasteiger partial charge in [-0.25, -0.2) is 4.79 Å². The third kappa shape index (κ3) is 3.55. The van der Waals surface area contributed by atoms with Crippen molar-refractivity contribution in [3.05, 3.63) is 12.2 Å². The highest BCUT2D eigenvalue weighted by atomic mass is 16.6. The van der Waals surface area contributed by atoms with Gasteiger partial charge in [0.1, 0.15) is 0 Å². The predicted molar refractivity (Wildman–Crippen MR) is 102 cm³/mol. The Hall–Kier alpha value is -1.36. The molecule has 3 aliphatic rings. The average molecular weight is 379 g/mol. The van der Waals surface area contributed by atoms with Crippen molar-refractivity contribution in [3.8, 4) is 0 Å². The summed E-state index contributed by atoms with van der Waals surface area (Å²) < 4.78 is 10.4. The lowest BCUT2D eigenvalue weighted by atomic mass is 9.54. The first kappa shape index (κ1) is 20.4. The van der Waals surface area contributed by atoms with Crippen molar-refractivity contribution in [1.82, 2.24) is 0 Å². The number of cyclic esters (lactones) is 1. The van der Waals surface area contributed by atoms with Gasteiger partial charge in [0, 0.05) is 18.8 Å². The average Bonchev–Trinajstić information content (AvgIpc) is 3.09. The highest BCUT2D eigenvalue weighted by Gasteiger charge is 2.56. The third-order valence-electron chi connectivity index (χ3n) is 7.79. The molecule has 0 spiro atoms. The van der Waals surface area contributed by atoms with E-state index in [0.717, 1.165) is 12.0 Å². The maximum atomic E-state index is 11.7. The third-order valence-corrected chi connectivity index (χ3v) is 7.79. The van der Waals surface area contributed by atoms with Gasteiger partial charge in [0.2, 0.25) is 0 Å². The summed E-state index contributed by atoms with van der Waals surface area (Å²) in [5.41, 5.74) is 1.50. The second kappa shape index (κ2) is 7.23. The number of fused-ring (bicyclic) bond motifs is 1. The summed E-state index contributed by atoms with van der Waals surface area (Å²) >= 11 is 0. The van der Waals surface area contributed by atoms with Crippen LogP contribution in [0.15, 0.2) is 12.2 Å². The summed E-state index contributed by atoms with van der Waals surface area (Å²) in [4.78, 5) is 23.2. The lowest BCUT2D eigenvalue weighted by molar-refractivity contribution is -0.145. The van der Waals surface area contributed by atoms with Gasteiger partial charge in [0.05, 0.1) is 13.2 Å². The minimum atomic E-state index is -1.17. The van der Waals surface area contributed by atoms with Crippen LogP contribution in [-0.2, 0) is 19.1 Å². The van der Waals surface area contributed by atoms with Crippen LogP contribution in [0.3, 0.4) is 0 Å². The summed E-state index contributed by atoms with van der Waals surface area (Å²) in [6, 6.07) is 0. The summed E-state index contributed by atoms with van der Waals surface area (Å²) in [5, 5.41) is 10.3. The quantitative estimate of drug-likeness (QED) is 0.585. The van der Waals surface area contributed by atoms with Gasteiger partial charge in [0.25, 0.3) is 0 Å². The summed E-state index contributed by atoms with van der Waals surface area (Å²) in [6.45, 7) is 13.3. The number of aliphatic hydroxyl groups excluding tert-OH is 1. The van der Waals surface area contributed by atoms with Gasteiger partial charge < -0.3 is 14.6 Å². The van der Waals surface area contributed by atoms with Crippen molar-refractivity contribution >= 4 is 11.9 Å². The number of ether oxygens (including phenoxy) is 2. The lowest BCUT2D eigenvalue weighted by Gasteiger charge is -2.50. The molecule has 1 aliphatic heterocycles. The van der Waals surface area contributed by atoms with Gasteiger partial charge in [-0.05, 0) is 48.3 Å². The van der Waals surface area contributed by atoms with Crippen LogP contribution in [0.5, 0.6) is 0 Å². The maximum absolute atomic E-state index is 11.7. The van der Waals surface area contributed by atoms with E-state index in [1.807, 2.05) is 0 Å². The zero-order chi connectivity index (χ0) is 20.0. The summed E-state index contributed by atoms with van der Waals surface area (Å²) in [7, 11) is 0. The van der Waals surface area contributed by atoms with Crippen LogP contribution in [0.1, 0.15) is 59.8 Å². The molecule has 27 heavy (non-hydrogen) atoms. The molecule has 3 rings (SSSR count). The van der Waals surface area contributed by atoms with E-state index < -0.39 is 18.0 Å². The van der Waals surface area contributed by atoms with Gasteiger partial charge in [-0.2, -0.15) is 0 Å². The molecule has 2 aliphatic carbocycles. The Balaban J connectivity index is 1.85. The molecule has 0 aromatic rings. The fraction of sp³-hybridized carbons (Fsp3) is 0.818. The van der Waals surface area contributed by atoms with Crippen LogP contribution >= 0.6 is 0 Å². The molecule has 6 atom stereocenters. The molecule has 0 aromatic heterocycles. The van der Waals surface area contributed by atoms with Crippen LogP contribution in [-0.4, -0.2) is 36.4 Å². The second-order valence-electron chi connectivity index (χ2n) is 9.75. The molecule has 1 heterocycles. The first-order valence-electron chi connectivity index (χ1n) is 10.2. The Morgan fingerprint density at radius 2 is 2.04 bits per heavy atom.